The molecule has 5 heteroatoms. The number of nitrogen functional groups attached to an aromatic ring is 1. The Bertz CT molecular complexity index is 345. The third-order valence-corrected chi connectivity index (χ3v) is 4.09. The van der Waals surface area contributed by atoms with E-state index in [1.807, 2.05) is 0 Å². The van der Waals surface area contributed by atoms with Gasteiger partial charge in [0.25, 0.3) is 0 Å². The average Bonchev–Trinajstić information content (AvgIpc) is 2.67. The number of hydrogen-bond donors (Lipinski definition) is 3. The highest BCUT2D eigenvalue weighted by Gasteiger charge is 2.31. The van der Waals surface area contributed by atoms with Gasteiger partial charge in [-0.3, -0.25) is 0 Å². The number of hydrogen-bond acceptors (Lipinski definition) is 5. The van der Waals surface area contributed by atoms with Gasteiger partial charge in [-0.05, 0) is 43.1 Å². The molecule has 0 radical (unpaired) electrons. The second-order valence-electron chi connectivity index (χ2n) is 4.88. The van der Waals surface area contributed by atoms with Crippen molar-refractivity contribution in [3.63, 3.8) is 0 Å². The van der Waals surface area contributed by atoms with E-state index in [4.69, 9.17) is 5.73 Å². The molecule has 0 aromatic carbocycles. The monoisotopic (exact) mass is 241 g/mol. The normalized spacial score (nSPS) is 30.2. The first-order chi connectivity index (χ1) is 7.57. The summed E-state index contributed by atoms with van der Waals surface area (Å²) in [5.41, 5.74) is 4.98. The third kappa shape index (κ3) is 2.86. The van der Waals surface area contributed by atoms with Crippen LogP contribution in [0.4, 0.5) is 10.8 Å². The van der Waals surface area contributed by atoms with Crippen LogP contribution >= 0.6 is 11.5 Å². The van der Waals surface area contributed by atoms with E-state index in [0.29, 0.717) is 12.4 Å². The molecular weight excluding hydrogens is 222 g/mol. The molecule has 0 saturated heterocycles. The van der Waals surface area contributed by atoms with Crippen LogP contribution in [0.3, 0.4) is 0 Å². The van der Waals surface area contributed by atoms with Crippen LogP contribution in [0.25, 0.3) is 0 Å². The first kappa shape index (κ1) is 11.7. The first-order valence-electron chi connectivity index (χ1n) is 5.76. The van der Waals surface area contributed by atoms with Gasteiger partial charge in [0, 0.05) is 12.6 Å². The molecule has 1 aromatic rings. The lowest BCUT2D eigenvalue weighted by molar-refractivity contribution is 0.00507. The maximum atomic E-state index is 10.3. The fourth-order valence-electron chi connectivity index (χ4n) is 2.10. The molecule has 0 amide bonds. The fourth-order valence-corrected chi connectivity index (χ4v) is 2.67. The summed E-state index contributed by atoms with van der Waals surface area (Å²) >= 11 is 1.34. The van der Waals surface area contributed by atoms with E-state index in [-0.39, 0.29) is 0 Å². The molecular formula is C11H19N3OS. The molecule has 4 nitrogen and oxygen atoms in total. The predicted molar refractivity (Wildman–Crippen MR) is 67.6 cm³/mol. The Morgan fingerprint density at radius 3 is 2.88 bits per heavy atom. The molecule has 1 heterocycles. The number of aromatic nitrogens is 1. The first-order valence-corrected chi connectivity index (χ1v) is 6.53. The summed E-state index contributed by atoms with van der Waals surface area (Å²) in [5.74, 6) is 1.29. The van der Waals surface area contributed by atoms with Crippen LogP contribution in [0.1, 0.15) is 32.6 Å². The number of nitrogens with zero attached hydrogens (tertiary/aromatic N) is 1. The number of aliphatic hydroxyl groups is 1. The zero-order chi connectivity index (χ0) is 11.6. The lowest BCUT2D eigenvalue weighted by Crippen LogP contribution is -2.40. The molecule has 4 N–H and O–H groups in total. The minimum Gasteiger partial charge on any atom is -0.388 e. The van der Waals surface area contributed by atoms with Gasteiger partial charge >= 0.3 is 0 Å². The van der Waals surface area contributed by atoms with Crippen LogP contribution in [-0.2, 0) is 0 Å². The van der Waals surface area contributed by atoms with Crippen molar-refractivity contribution >= 4 is 22.4 Å². The zero-order valence-electron chi connectivity index (χ0n) is 9.57. The molecule has 90 valence electrons. The third-order valence-electron chi connectivity index (χ3n) is 3.33. The minimum absolute atomic E-state index is 0.539. The molecule has 1 aliphatic carbocycles. The van der Waals surface area contributed by atoms with Gasteiger partial charge in [-0.25, -0.2) is 0 Å². The Kier molecular flexibility index (Phi) is 3.35. The van der Waals surface area contributed by atoms with E-state index in [1.165, 1.54) is 11.5 Å². The minimum atomic E-state index is -0.550. The molecule has 0 unspecified atom stereocenters. The summed E-state index contributed by atoms with van der Waals surface area (Å²) in [6.45, 7) is 2.85. The Hall–Kier alpha value is -0.810. The van der Waals surface area contributed by atoms with Crippen LogP contribution < -0.4 is 11.1 Å². The second kappa shape index (κ2) is 4.59. The Labute approximate surface area is 100 Å². The van der Waals surface area contributed by atoms with Gasteiger partial charge in [0.1, 0.15) is 10.8 Å². The summed E-state index contributed by atoms with van der Waals surface area (Å²) < 4.78 is 3.99. The molecule has 16 heavy (non-hydrogen) atoms. The molecule has 1 aliphatic rings. The van der Waals surface area contributed by atoms with E-state index in [1.54, 1.807) is 6.07 Å². The molecule has 2 rings (SSSR count). The van der Waals surface area contributed by atoms with Gasteiger partial charge in [0.15, 0.2) is 0 Å². The Balaban J connectivity index is 1.85. The smallest absolute Gasteiger partial charge is 0.139 e. The lowest BCUT2D eigenvalue weighted by Gasteiger charge is -2.35. The maximum absolute atomic E-state index is 10.3. The van der Waals surface area contributed by atoms with Gasteiger partial charge < -0.3 is 16.2 Å². The van der Waals surface area contributed by atoms with Crippen molar-refractivity contribution in [2.24, 2.45) is 5.92 Å². The van der Waals surface area contributed by atoms with E-state index in [0.717, 1.165) is 36.6 Å². The highest BCUT2D eigenvalue weighted by Crippen LogP contribution is 2.32. The van der Waals surface area contributed by atoms with Crippen molar-refractivity contribution in [3.8, 4) is 0 Å². The fraction of sp³-hybridized carbons (Fsp3) is 0.727. The predicted octanol–water partition coefficient (Wildman–Crippen LogP) is 2.08. The lowest BCUT2D eigenvalue weighted by atomic mass is 9.79. The summed E-state index contributed by atoms with van der Waals surface area (Å²) in [5, 5.41) is 14.5. The van der Waals surface area contributed by atoms with E-state index < -0.39 is 5.60 Å². The molecule has 1 aromatic heterocycles. The van der Waals surface area contributed by atoms with Crippen molar-refractivity contribution < 1.29 is 5.11 Å². The quantitative estimate of drug-likeness (QED) is 0.757. The molecule has 0 spiro atoms. The van der Waals surface area contributed by atoms with Gasteiger partial charge in [0.2, 0.25) is 0 Å². The summed E-state index contributed by atoms with van der Waals surface area (Å²) in [7, 11) is 0. The maximum Gasteiger partial charge on any atom is 0.139 e. The summed E-state index contributed by atoms with van der Waals surface area (Å²) in [6, 6.07) is 1.81. The van der Waals surface area contributed by atoms with Crippen LogP contribution in [0.2, 0.25) is 0 Å². The largest absolute Gasteiger partial charge is 0.388 e. The van der Waals surface area contributed by atoms with E-state index in [2.05, 4.69) is 16.6 Å². The van der Waals surface area contributed by atoms with Gasteiger partial charge in [-0.2, -0.15) is 4.37 Å². The van der Waals surface area contributed by atoms with Crippen molar-refractivity contribution in [2.45, 2.75) is 38.2 Å². The standard InChI is InChI=1S/C11H19N3OS/c1-8-2-4-11(15,5-3-8)7-13-10-6-9(12)14-16-10/h6,8,13,15H,2-5,7H2,1H3,(H2,12,14). The molecule has 0 atom stereocenters. The van der Waals surface area contributed by atoms with E-state index >= 15 is 0 Å². The number of rotatable bonds is 3. The topological polar surface area (TPSA) is 71.2 Å². The summed E-state index contributed by atoms with van der Waals surface area (Å²) in [6.07, 6.45) is 4.00. The number of anilines is 2. The average molecular weight is 241 g/mol. The van der Waals surface area contributed by atoms with Gasteiger partial charge in [-0.1, -0.05) is 6.92 Å². The van der Waals surface area contributed by atoms with Gasteiger partial charge in [-0.15, -0.1) is 0 Å². The van der Waals surface area contributed by atoms with Crippen molar-refractivity contribution in [3.05, 3.63) is 6.07 Å². The molecule has 1 fully saturated rings. The van der Waals surface area contributed by atoms with Crippen LogP contribution in [-0.4, -0.2) is 21.6 Å². The number of nitrogens with two attached hydrogens (primary N) is 1. The second-order valence-corrected chi connectivity index (χ2v) is 5.68. The Morgan fingerprint density at radius 1 is 1.62 bits per heavy atom. The van der Waals surface area contributed by atoms with Crippen LogP contribution in [0.5, 0.6) is 0 Å². The zero-order valence-corrected chi connectivity index (χ0v) is 10.4. The molecule has 0 aliphatic heterocycles. The SMILES string of the molecule is CC1CCC(O)(CNc2cc(N)ns2)CC1. The van der Waals surface area contributed by atoms with E-state index in [9.17, 15) is 5.11 Å². The van der Waals surface area contributed by atoms with Crippen molar-refractivity contribution in [2.75, 3.05) is 17.6 Å². The molecule has 0 bridgehead atoms. The Morgan fingerprint density at radius 2 is 2.31 bits per heavy atom. The molecule has 1 saturated carbocycles. The van der Waals surface area contributed by atoms with Gasteiger partial charge in [0.05, 0.1) is 5.60 Å². The van der Waals surface area contributed by atoms with Crippen molar-refractivity contribution in [1.82, 2.24) is 4.37 Å². The number of nitrogens with one attached hydrogen (secondary N) is 1. The summed E-state index contributed by atoms with van der Waals surface area (Å²) in [4.78, 5) is 0. The van der Waals surface area contributed by atoms with Crippen LogP contribution in [0.15, 0.2) is 6.07 Å². The van der Waals surface area contributed by atoms with Crippen molar-refractivity contribution in [1.29, 1.82) is 0 Å². The highest BCUT2D eigenvalue weighted by molar-refractivity contribution is 7.10. The highest BCUT2D eigenvalue weighted by atomic mass is 32.1. The van der Waals surface area contributed by atoms with Crippen LogP contribution in [0, 0.1) is 5.92 Å².